The van der Waals surface area contributed by atoms with Crippen molar-refractivity contribution < 1.29 is 9.53 Å². The molecule has 1 fully saturated rings. The third-order valence-corrected chi connectivity index (χ3v) is 5.67. The quantitative estimate of drug-likeness (QED) is 0.703. The Hall–Kier alpha value is -2.89. The minimum Gasteiger partial charge on any atom is -0.492 e. The molecule has 0 spiro atoms. The first kappa shape index (κ1) is 16.3. The van der Waals surface area contributed by atoms with Crippen LogP contribution in [0.2, 0.25) is 0 Å². The Balaban J connectivity index is 1.33. The number of piperidine rings is 1. The van der Waals surface area contributed by atoms with Crippen molar-refractivity contribution in [1.82, 2.24) is 19.5 Å². The molecule has 2 atom stereocenters. The topological polar surface area (TPSA) is 59.7 Å². The Labute approximate surface area is 157 Å². The molecule has 6 heteroatoms. The van der Waals surface area contributed by atoms with E-state index in [0.717, 1.165) is 48.6 Å². The average molecular weight is 362 g/mol. The van der Waals surface area contributed by atoms with E-state index in [9.17, 15) is 4.79 Å². The Morgan fingerprint density at radius 3 is 2.96 bits per heavy atom. The van der Waals surface area contributed by atoms with E-state index in [-0.39, 0.29) is 17.7 Å². The van der Waals surface area contributed by atoms with E-state index < -0.39 is 0 Å². The molecule has 3 aromatic rings. The first-order valence-corrected chi connectivity index (χ1v) is 9.59. The van der Waals surface area contributed by atoms with Gasteiger partial charge in [0.1, 0.15) is 18.2 Å². The molecular formula is C21H22N4O2. The van der Waals surface area contributed by atoms with Crippen molar-refractivity contribution in [2.24, 2.45) is 5.92 Å². The Morgan fingerprint density at radius 1 is 1.11 bits per heavy atom. The summed E-state index contributed by atoms with van der Waals surface area (Å²) in [5.74, 6) is 2.18. The molecular weight excluding hydrogens is 340 g/mol. The number of hydrogen-bond acceptors (Lipinski definition) is 4. The van der Waals surface area contributed by atoms with Gasteiger partial charge in [-0.2, -0.15) is 0 Å². The van der Waals surface area contributed by atoms with E-state index in [4.69, 9.17) is 4.74 Å². The second-order valence-electron chi connectivity index (χ2n) is 7.43. The van der Waals surface area contributed by atoms with Crippen molar-refractivity contribution in [1.29, 1.82) is 0 Å². The summed E-state index contributed by atoms with van der Waals surface area (Å²) in [5.41, 5.74) is 1.98. The predicted octanol–water partition coefficient (Wildman–Crippen LogP) is 2.69. The van der Waals surface area contributed by atoms with E-state index in [1.165, 1.54) is 0 Å². The second kappa shape index (κ2) is 6.68. The van der Waals surface area contributed by atoms with Gasteiger partial charge in [-0.15, -0.1) is 10.2 Å². The average Bonchev–Trinajstić information content (AvgIpc) is 3.17. The van der Waals surface area contributed by atoms with Crippen LogP contribution in [0, 0.1) is 5.92 Å². The second-order valence-corrected chi connectivity index (χ2v) is 7.43. The molecule has 1 saturated heterocycles. The molecule has 0 aliphatic carbocycles. The molecule has 0 radical (unpaired) electrons. The van der Waals surface area contributed by atoms with Crippen LogP contribution in [-0.2, 0) is 11.2 Å². The van der Waals surface area contributed by atoms with E-state index in [2.05, 4.69) is 16.3 Å². The van der Waals surface area contributed by atoms with Gasteiger partial charge in [0, 0.05) is 25.2 Å². The van der Waals surface area contributed by atoms with Crippen LogP contribution in [0.1, 0.15) is 30.1 Å². The zero-order chi connectivity index (χ0) is 18.2. The van der Waals surface area contributed by atoms with Crippen molar-refractivity contribution in [2.45, 2.75) is 25.2 Å². The van der Waals surface area contributed by atoms with E-state index in [0.29, 0.717) is 13.2 Å². The van der Waals surface area contributed by atoms with E-state index in [1.54, 1.807) is 0 Å². The van der Waals surface area contributed by atoms with Crippen LogP contribution in [0.4, 0.5) is 0 Å². The fourth-order valence-electron chi connectivity index (χ4n) is 4.27. The van der Waals surface area contributed by atoms with Gasteiger partial charge in [-0.3, -0.25) is 9.20 Å². The minimum atomic E-state index is -0.103. The number of likely N-dealkylation sites (tertiary alicyclic amines) is 1. The van der Waals surface area contributed by atoms with Gasteiger partial charge in [0.25, 0.3) is 0 Å². The van der Waals surface area contributed by atoms with Crippen LogP contribution in [0.5, 0.6) is 5.75 Å². The number of pyridine rings is 1. The lowest BCUT2D eigenvalue weighted by molar-refractivity contribution is -0.138. The van der Waals surface area contributed by atoms with Crippen molar-refractivity contribution >= 4 is 11.6 Å². The zero-order valence-corrected chi connectivity index (χ0v) is 15.1. The molecule has 5 rings (SSSR count). The standard InChI is InChI=1S/C21H22N4O2/c26-21(17-12-15-6-1-2-8-18(15)27-14-17)24-10-5-7-16(13-24)20-23-22-19-9-3-4-11-25(19)20/h1-4,6,8-9,11,16-17H,5,7,10,12-14H2/t16-,17+/m0/s1. The van der Waals surface area contributed by atoms with Crippen molar-refractivity contribution in [3.05, 3.63) is 60.0 Å². The van der Waals surface area contributed by atoms with Gasteiger partial charge in [0.15, 0.2) is 5.65 Å². The molecule has 0 N–H and O–H groups in total. The summed E-state index contributed by atoms with van der Waals surface area (Å²) >= 11 is 0. The Bertz CT molecular complexity index is 983. The number of carbonyl (C=O) groups is 1. The Kier molecular flexibility index (Phi) is 4.03. The summed E-state index contributed by atoms with van der Waals surface area (Å²) in [6, 6.07) is 13.9. The van der Waals surface area contributed by atoms with E-state index >= 15 is 0 Å². The lowest BCUT2D eigenvalue weighted by atomic mass is 9.92. The molecule has 27 heavy (non-hydrogen) atoms. The first-order valence-electron chi connectivity index (χ1n) is 9.59. The maximum atomic E-state index is 13.1. The number of carbonyl (C=O) groups excluding carboxylic acids is 1. The maximum absolute atomic E-state index is 13.1. The fourth-order valence-corrected chi connectivity index (χ4v) is 4.27. The number of rotatable bonds is 2. The molecule has 2 aromatic heterocycles. The lowest BCUT2D eigenvalue weighted by Gasteiger charge is -2.35. The summed E-state index contributed by atoms with van der Waals surface area (Å²) in [6.07, 6.45) is 4.77. The molecule has 2 aliphatic rings. The molecule has 0 saturated carbocycles. The molecule has 0 bridgehead atoms. The SMILES string of the molecule is O=C([C@H]1COc2ccccc2C1)N1CCC[C@H](c2nnc3ccccn23)C1. The highest BCUT2D eigenvalue weighted by Crippen LogP contribution is 2.31. The third kappa shape index (κ3) is 2.95. The van der Waals surface area contributed by atoms with Gasteiger partial charge >= 0.3 is 0 Å². The van der Waals surface area contributed by atoms with Crippen LogP contribution in [0.15, 0.2) is 48.7 Å². The minimum absolute atomic E-state index is 0.103. The van der Waals surface area contributed by atoms with Gasteiger partial charge in [-0.25, -0.2) is 0 Å². The van der Waals surface area contributed by atoms with Crippen molar-refractivity contribution in [3.63, 3.8) is 0 Å². The van der Waals surface area contributed by atoms with Gasteiger partial charge in [-0.05, 0) is 43.0 Å². The fraction of sp³-hybridized carbons (Fsp3) is 0.381. The highest BCUT2D eigenvalue weighted by atomic mass is 16.5. The van der Waals surface area contributed by atoms with Crippen molar-refractivity contribution in [2.75, 3.05) is 19.7 Å². The summed E-state index contributed by atoms with van der Waals surface area (Å²) in [4.78, 5) is 15.1. The highest BCUT2D eigenvalue weighted by molar-refractivity contribution is 5.80. The van der Waals surface area contributed by atoms with Crippen LogP contribution >= 0.6 is 0 Å². The summed E-state index contributed by atoms with van der Waals surface area (Å²) in [7, 11) is 0. The van der Waals surface area contributed by atoms with E-state index in [1.807, 2.05) is 51.9 Å². The molecule has 1 aromatic carbocycles. The molecule has 6 nitrogen and oxygen atoms in total. The van der Waals surface area contributed by atoms with Crippen LogP contribution in [-0.4, -0.2) is 45.1 Å². The monoisotopic (exact) mass is 362 g/mol. The van der Waals surface area contributed by atoms with Gasteiger partial charge < -0.3 is 9.64 Å². The van der Waals surface area contributed by atoms with Gasteiger partial charge in [0.05, 0.1) is 5.92 Å². The number of aromatic nitrogens is 3. The van der Waals surface area contributed by atoms with Crippen LogP contribution < -0.4 is 4.74 Å². The smallest absolute Gasteiger partial charge is 0.229 e. The number of amides is 1. The van der Waals surface area contributed by atoms with Gasteiger partial charge in [-0.1, -0.05) is 24.3 Å². The summed E-state index contributed by atoms with van der Waals surface area (Å²) < 4.78 is 7.87. The molecule has 4 heterocycles. The maximum Gasteiger partial charge on any atom is 0.229 e. The molecule has 0 unspecified atom stereocenters. The largest absolute Gasteiger partial charge is 0.492 e. The molecule has 138 valence electrons. The highest BCUT2D eigenvalue weighted by Gasteiger charge is 2.33. The third-order valence-electron chi connectivity index (χ3n) is 5.67. The number of benzene rings is 1. The molecule has 2 aliphatic heterocycles. The Morgan fingerprint density at radius 2 is 2.00 bits per heavy atom. The van der Waals surface area contributed by atoms with Gasteiger partial charge in [0.2, 0.25) is 5.91 Å². The summed E-state index contributed by atoms with van der Waals surface area (Å²) in [6.45, 7) is 1.97. The number of fused-ring (bicyclic) bond motifs is 2. The number of hydrogen-bond donors (Lipinski definition) is 0. The number of para-hydroxylation sites is 1. The predicted molar refractivity (Wildman–Crippen MR) is 101 cm³/mol. The lowest BCUT2D eigenvalue weighted by Crippen LogP contribution is -2.45. The van der Waals surface area contributed by atoms with Crippen molar-refractivity contribution in [3.8, 4) is 5.75 Å². The molecule has 1 amide bonds. The zero-order valence-electron chi connectivity index (χ0n) is 15.1. The first-order chi connectivity index (χ1) is 13.3. The van der Waals surface area contributed by atoms with Crippen LogP contribution in [0.3, 0.4) is 0 Å². The normalized spacial score (nSPS) is 22.3. The summed E-state index contributed by atoms with van der Waals surface area (Å²) in [5, 5.41) is 8.67. The van der Waals surface area contributed by atoms with Crippen LogP contribution in [0.25, 0.3) is 5.65 Å². The number of ether oxygens (including phenoxy) is 1. The number of nitrogens with zero attached hydrogens (tertiary/aromatic N) is 4.